The Balaban J connectivity index is 1.80. The van der Waals surface area contributed by atoms with Crippen LogP contribution in [0.4, 0.5) is 0 Å². The van der Waals surface area contributed by atoms with E-state index in [0.717, 1.165) is 25.2 Å². The summed E-state index contributed by atoms with van der Waals surface area (Å²) in [5, 5.41) is 0. The van der Waals surface area contributed by atoms with E-state index in [0.29, 0.717) is 5.41 Å². The average Bonchev–Trinajstić information content (AvgIpc) is 1.80. The first-order valence-corrected chi connectivity index (χ1v) is 4.95. The highest BCUT2D eigenvalue weighted by Crippen LogP contribution is 2.39. The van der Waals surface area contributed by atoms with Crippen LogP contribution < -0.4 is 0 Å². The summed E-state index contributed by atoms with van der Waals surface area (Å²) in [6.07, 6.45) is 0. The summed E-state index contributed by atoms with van der Waals surface area (Å²) >= 11 is 0. The second-order valence-electron chi connectivity index (χ2n) is 4.88. The van der Waals surface area contributed by atoms with Crippen LogP contribution in [0.3, 0.4) is 0 Å². The van der Waals surface area contributed by atoms with Gasteiger partial charge in [-0.2, -0.15) is 0 Å². The number of hydrogen-bond donors (Lipinski definition) is 0. The van der Waals surface area contributed by atoms with E-state index in [2.05, 4.69) is 25.7 Å². The Morgan fingerprint density at radius 3 is 2.08 bits per heavy atom. The van der Waals surface area contributed by atoms with Gasteiger partial charge in [0.25, 0.3) is 0 Å². The Kier molecular flexibility index (Phi) is 1.92. The predicted molar refractivity (Wildman–Crippen MR) is 49.1 cm³/mol. The van der Waals surface area contributed by atoms with Crippen LogP contribution >= 0.6 is 0 Å². The fraction of sp³-hybridized carbons (Fsp3) is 1.00. The van der Waals surface area contributed by atoms with Crippen molar-refractivity contribution in [2.24, 2.45) is 11.3 Å². The highest BCUT2D eigenvalue weighted by molar-refractivity contribution is 5.01. The third kappa shape index (κ3) is 1.17. The van der Waals surface area contributed by atoms with E-state index in [4.69, 9.17) is 4.74 Å². The highest BCUT2D eigenvalue weighted by atomic mass is 16.5. The normalized spacial score (nSPS) is 30.0. The zero-order valence-electron chi connectivity index (χ0n) is 8.34. The van der Waals surface area contributed by atoms with Crippen LogP contribution in [0.15, 0.2) is 0 Å². The van der Waals surface area contributed by atoms with Crippen LogP contribution in [0.1, 0.15) is 20.8 Å². The molecule has 0 bridgehead atoms. The molecule has 0 amide bonds. The molecule has 0 aromatic rings. The standard InChI is InChI=1S/C10H19NO/c1-8(2)9(3)11-4-10(5-11)6-12-7-10/h8-9H,4-7H2,1-3H3. The van der Waals surface area contributed by atoms with Gasteiger partial charge in [0.15, 0.2) is 0 Å². The second-order valence-corrected chi connectivity index (χ2v) is 4.88. The van der Waals surface area contributed by atoms with Gasteiger partial charge >= 0.3 is 0 Å². The van der Waals surface area contributed by atoms with E-state index in [1.54, 1.807) is 0 Å². The highest BCUT2D eigenvalue weighted by Gasteiger charge is 2.50. The molecule has 1 unspecified atom stereocenters. The third-order valence-electron chi connectivity index (χ3n) is 3.43. The van der Waals surface area contributed by atoms with Gasteiger partial charge < -0.3 is 4.74 Å². The average molecular weight is 169 g/mol. The zero-order chi connectivity index (χ0) is 8.77. The topological polar surface area (TPSA) is 12.5 Å². The van der Waals surface area contributed by atoms with E-state index in [9.17, 15) is 0 Å². The second kappa shape index (κ2) is 2.71. The predicted octanol–water partition coefficient (Wildman–Crippen LogP) is 1.36. The minimum absolute atomic E-state index is 0.586. The maximum atomic E-state index is 5.24. The van der Waals surface area contributed by atoms with Gasteiger partial charge in [-0.1, -0.05) is 13.8 Å². The molecule has 2 aliphatic heterocycles. The van der Waals surface area contributed by atoms with Gasteiger partial charge in [-0.25, -0.2) is 0 Å². The van der Waals surface area contributed by atoms with Crippen molar-refractivity contribution in [3.8, 4) is 0 Å². The van der Waals surface area contributed by atoms with Crippen molar-refractivity contribution in [1.29, 1.82) is 0 Å². The molecule has 0 N–H and O–H groups in total. The Morgan fingerprint density at radius 1 is 1.17 bits per heavy atom. The molecule has 1 atom stereocenters. The Labute approximate surface area is 74.9 Å². The number of hydrogen-bond acceptors (Lipinski definition) is 2. The first kappa shape index (κ1) is 8.52. The lowest BCUT2D eigenvalue weighted by Gasteiger charge is -2.57. The molecule has 2 heterocycles. The molecule has 2 fully saturated rings. The monoisotopic (exact) mass is 169 g/mol. The lowest BCUT2D eigenvalue weighted by molar-refractivity contribution is -0.199. The van der Waals surface area contributed by atoms with Crippen molar-refractivity contribution >= 4 is 0 Å². The molecule has 0 radical (unpaired) electrons. The first-order valence-electron chi connectivity index (χ1n) is 4.95. The van der Waals surface area contributed by atoms with Crippen LogP contribution in [0.5, 0.6) is 0 Å². The molecule has 2 heteroatoms. The Bertz CT molecular complexity index is 167. The molecule has 12 heavy (non-hydrogen) atoms. The summed E-state index contributed by atoms with van der Waals surface area (Å²) < 4.78 is 5.24. The summed E-state index contributed by atoms with van der Waals surface area (Å²) in [6, 6.07) is 0.747. The van der Waals surface area contributed by atoms with Crippen molar-refractivity contribution < 1.29 is 4.74 Å². The molecule has 0 aliphatic carbocycles. The first-order chi connectivity index (χ1) is 5.63. The van der Waals surface area contributed by atoms with Crippen molar-refractivity contribution in [2.45, 2.75) is 26.8 Å². The van der Waals surface area contributed by atoms with E-state index in [1.807, 2.05) is 0 Å². The Morgan fingerprint density at radius 2 is 1.75 bits per heavy atom. The van der Waals surface area contributed by atoms with E-state index in [1.165, 1.54) is 13.1 Å². The van der Waals surface area contributed by atoms with Gasteiger partial charge in [-0.3, -0.25) is 4.90 Å². The molecule has 0 aromatic carbocycles. The molecule has 0 aromatic heterocycles. The molecule has 0 saturated carbocycles. The third-order valence-corrected chi connectivity index (χ3v) is 3.43. The van der Waals surface area contributed by atoms with Crippen LogP contribution in [-0.2, 0) is 4.74 Å². The van der Waals surface area contributed by atoms with E-state index >= 15 is 0 Å². The van der Waals surface area contributed by atoms with Gasteiger partial charge in [0.1, 0.15) is 0 Å². The van der Waals surface area contributed by atoms with Crippen LogP contribution in [0, 0.1) is 11.3 Å². The van der Waals surface area contributed by atoms with E-state index < -0.39 is 0 Å². The van der Waals surface area contributed by atoms with Gasteiger partial charge in [0, 0.05) is 24.5 Å². The number of likely N-dealkylation sites (tertiary alicyclic amines) is 1. The number of ether oxygens (including phenoxy) is 1. The minimum Gasteiger partial charge on any atom is -0.380 e. The van der Waals surface area contributed by atoms with Crippen LogP contribution in [0.25, 0.3) is 0 Å². The quantitative estimate of drug-likeness (QED) is 0.619. The number of rotatable bonds is 2. The Hall–Kier alpha value is -0.0800. The summed E-state index contributed by atoms with van der Waals surface area (Å²) in [5.41, 5.74) is 0.586. The van der Waals surface area contributed by atoms with E-state index in [-0.39, 0.29) is 0 Å². The molecular formula is C10H19NO. The molecular weight excluding hydrogens is 150 g/mol. The largest absolute Gasteiger partial charge is 0.380 e. The van der Waals surface area contributed by atoms with Gasteiger partial charge in [0.05, 0.1) is 13.2 Å². The fourth-order valence-corrected chi connectivity index (χ4v) is 2.10. The summed E-state index contributed by atoms with van der Waals surface area (Å²) in [4.78, 5) is 2.58. The lowest BCUT2D eigenvalue weighted by Crippen LogP contribution is -2.68. The van der Waals surface area contributed by atoms with Crippen molar-refractivity contribution in [2.75, 3.05) is 26.3 Å². The van der Waals surface area contributed by atoms with Crippen molar-refractivity contribution in [3.05, 3.63) is 0 Å². The smallest absolute Gasteiger partial charge is 0.0569 e. The lowest BCUT2D eigenvalue weighted by atomic mass is 9.76. The molecule has 2 saturated heterocycles. The molecule has 2 aliphatic rings. The van der Waals surface area contributed by atoms with Gasteiger partial charge in [-0.15, -0.1) is 0 Å². The minimum atomic E-state index is 0.586. The zero-order valence-corrected chi connectivity index (χ0v) is 8.34. The maximum absolute atomic E-state index is 5.24. The SMILES string of the molecule is CC(C)C(C)N1CC2(COC2)C1. The molecule has 70 valence electrons. The summed E-state index contributed by atoms with van der Waals surface area (Å²) in [5.74, 6) is 0.781. The van der Waals surface area contributed by atoms with Crippen LogP contribution in [-0.4, -0.2) is 37.2 Å². The fourth-order valence-electron chi connectivity index (χ4n) is 2.10. The number of nitrogens with zero attached hydrogens (tertiary/aromatic N) is 1. The van der Waals surface area contributed by atoms with Gasteiger partial charge in [-0.05, 0) is 12.8 Å². The van der Waals surface area contributed by atoms with Gasteiger partial charge in [0.2, 0.25) is 0 Å². The molecule has 1 spiro atoms. The van der Waals surface area contributed by atoms with Crippen LogP contribution in [0.2, 0.25) is 0 Å². The van der Waals surface area contributed by atoms with Crippen molar-refractivity contribution in [3.63, 3.8) is 0 Å². The van der Waals surface area contributed by atoms with Crippen molar-refractivity contribution in [1.82, 2.24) is 4.90 Å². The molecule has 2 nitrogen and oxygen atoms in total. The molecule has 2 rings (SSSR count). The summed E-state index contributed by atoms with van der Waals surface area (Å²) in [6.45, 7) is 11.5. The summed E-state index contributed by atoms with van der Waals surface area (Å²) in [7, 11) is 0. The maximum Gasteiger partial charge on any atom is 0.0569 e.